The highest BCUT2D eigenvalue weighted by atomic mass is 16.2. The maximum atomic E-state index is 12.7. The normalized spacial score (nSPS) is 29.3. The van der Waals surface area contributed by atoms with Crippen LogP contribution in [0.1, 0.15) is 39.5 Å². The molecule has 2 saturated heterocycles. The quantitative estimate of drug-likeness (QED) is 0.738. The van der Waals surface area contributed by atoms with E-state index in [1.165, 1.54) is 18.4 Å². The number of likely N-dealkylation sites (N-methyl/N-ethyl adjacent to an activating group) is 1. The summed E-state index contributed by atoms with van der Waals surface area (Å²) in [6, 6.07) is 0.484. The molecule has 0 spiro atoms. The van der Waals surface area contributed by atoms with Crippen molar-refractivity contribution >= 4 is 11.8 Å². The third kappa shape index (κ3) is 3.60. The van der Waals surface area contributed by atoms with Crippen LogP contribution < -0.4 is 0 Å². The molecule has 5 heteroatoms. The average Bonchev–Trinajstić information content (AvgIpc) is 3.14. The van der Waals surface area contributed by atoms with Gasteiger partial charge in [0, 0.05) is 38.6 Å². The van der Waals surface area contributed by atoms with E-state index in [0.717, 1.165) is 39.1 Å². The average molecular weight is 319 g/mol. The van der Waals surface area contributed by atoms with Gasteiger partial charge in [-0.15, -0.1) is 0 Å². The summed E-state index contributed by atoms with van der Waals surface area (Å²) >= 11 is 0. The molecule has 0 aromatic carbocycles. The Morgan fingerprint density at radius 2 is 2.17 bits per heavy atom. The minimum Gasteiger partial charge on any atom is -0.340 e. The molecule has 3 aliphatic heterocycles. The van der Waals surface area contributed by atoms with E-state index in [0.29, 0.717) is 19.0 Å². The third-order valence-electron chi connectivity index (χ3n) is 5.54. The fourth-order valence-electron chi connectivity index (χ4n) is 4.24. The zero-order valence-corrected chi connectivity index (χ0v) is 14.5. The number of carbonyl (C=O) groups is 2. The molecule has 0 N–H and O–H groups in total. The van der Waals surface area contributed by atoms with Gasteiger partial charge in [-0.1, -0.05) is 18.6 Å². The van der Waals surface area contributed by atoms with Crippen molar-refractivity contribution in [2.45, 2.75) is 45.6 Å². The molecule has 23 heavy (non-hydrogen) atoms. The van der Waals surface area contributed by atoms with Crippen LogP contribution in [-0.2, 0) is 9.59 Å². The van der Waals surface area contributed by atoms with Gasteiger partial charge in [0.05, 0.1) is 5.92 Å². The molecule has 0 aliphatic carbocycles. The van der Waals surface area contributed by atoms with Crippen molar-refractivity contribution in [1.29, 1.82) is 0 Å². The highest BCUT2D eigenvalue weighted by Crippen LogP contribution is 2.25. The number of likely N-dealkylation sites (tertiary alicyclic amines) is 2. The molecule has 0 radical (unpaired) electrons. The summed E-state index contributed by atoms with van der Waals surface area (Å²) in [6.45, 7) is 9.40. The molecule has 0 aromatic rings. The van der Waals surface area contributed by atoms with E-state index in [1.54, 1.807) is 0 Å². The third-order valence-corrected chi connectivity index (χ3v) is 5.54. The SMILES string of the molecule is CCN1CCC[C@@H]1CN1C[C@@H](C(=O)N2CCC=C(C)C2)CC1=O. The van der Waals surface area contributed by atoms with Crippen molar-refractivity contribution in [2.24, 2.45) is 5.92 Å². The Morgan fingerprint density at radius 3 is 2.91 bits per heavy atom. The monoisotopic (exact) mass is 319 g/mol. The lowest BCUT2D eigenvalue weighted by molar-refractivity contribution is -0.135. The van der Waals surface area contributed by atoms with Crippen LogP contribution in [0.25, 0.3) is 0 Å². The minimum absolute atomic E-state index is 0.134. The van der Waals surface area contributed by atoms with Crippen molar-refractivity contribution in [1.82, 2.24) is 14.7 Å². The van der Waals surface area contributed by atoms with Crippen LogP contribution in [0.15, 0.2) is 11.6 Å². The first-order chi connectivity index (χ1) is 11.1. The highest BCUT2D eigenvalue weighted by molar-refractivity contribution is 5.89. The Balaban J connectivity index is 1.56. The van der Waals surface area contributed by atoms with Gasteiger partial charge in [-0.2, -0.15) is 0 Å². The standard InChI is InChI=1S/C18H29N3O2/c1-3-19-8-5-7-16(19)13-21-12-15(10-17(21)22)18(23)20-9-4-6-14(2)11-20/h6,15-16H,3-5,7-13H2,1-2H3/t15-,16+/m0/s1. The van der Waals surface area contributed by atoms with Gasteiger partial charge in [0.15, 0.2) is 0 Å². The summed E-state index contributed by atoms with van der Waals surface area (Å²) in [6.07, 6.45) is 5.94. The van der Waals surface area contributed by atoms with Crippen LogP contribution >= 0.6 is 0 Å². The van der Waals surface area contributed by atoms with E-state index in [9.17, 15) is 9.59 Å². The van der Waals surface area contributed by atoms with Crippen molar-refractivity contribution in [3.63, 3.8) is 0 Å². The summed E-state index contributed by atoms with van der Waals surface area (Å²) in [7, 11) is 0. The van der Waals surface area contributed by atoms with E-state index >= 15 is 0 Å². The molecule has 3 heterocycles. The molecule has 3 aliphatic rings. The van der Waals surface area contributed by atoms with Crippen LogP contribution in [0.3, 0.4) is 0 Å². The Hall–Kier alpha value is -1.36. The Bertz CT molecular complexity index is 502. The van der Waals surface area contributed by atoms with Gasteiger partial charge in [0.2, 0.25) is 11.8 Å². The van der Waals surface area contributed by atoms with Gasteiger partial charge in [0.1, 0.15) is 0 Å². The van der Waals surface area contributed by atoms with Crippen molar-refractivity contribution in [3.8, 4) is 0 Å². The number of hydrogen-bond acceptors (Lipinski definition) is 3. The molecule has 0 unspecified atom stereocenters. The predicted octanol–water partition coefficient (Wildman–Crippen LogP) is 1.50. The second-order valence-corrected chi connectivity index (χ2v) is 7.22. The smallest absolute Gasteiger partial charge is 0.228 e. The molecule has 2 fully saturated rings. The number of amides is 2. The first kappa shape index (κ1) is 16.5. The summed E-state index contributed by atoms with van der Waals surface area (Å²) < 4.78 is 0. The fraction of sp³-hybridized carbons (Fsp3) is 0.778. The summed E-state index contributed by atoms with van der Waals surface area (Å²) in [5.74, 6) is 0.201. The first-order valence-electron chi connectivity index (χ1n) is 9.04. The summed E-state index contributed by atoms with van der Waals surface area (Å²) in [4.78, 5) is 31.4. The molecule has 0 aromatic heterocycles. The van der Waals surface area contributed by atoms with E-state index < -0.39 is 0 Å². The summed E-state index contributed by atoms with van der Waals surface area (Å²) in [5, 5.41) is 0. The largest absolute Gasteiger partial charge is 0.340 e. The van der Waals surface area contributed by atoms with Gasteiger partial charge in [-0.05, 0) is 39.3 Å². The van der Waals surface area contributed by atoms with Gasteiger partial charge < -0.3 is 9.80 Å². The Labute approximate surface area is 139 Å². The lowest BCUT2D eigenvalue weighted by Gasteiger charge is -2.29. The lowest BCUT2D eigenvalue weighted by Crippen LogP contribution is -2.42. The second-order valence-electron chi connectivity index (χ2n) is 7.22. The zero-order valence-electron chi connectivity index (χ0n) is 14.5. The Kier molecular flexibility index (Phi) is 5.05. The van der Waals surface area contributed by atoms with Crippen molar-refractivity contribution < 1.29 is 9.59 Å². The maximum Gasteiger partial charge on any atom is 0.228 e. The molecule has 0 saturated carbocycles. The molecule has 2 atom stereocenters. The summed E-state index contributed by atoms with van der Waals surface area (Å²) in [5.41, 5.74) is 1.26. The minimum atomic E-state index is -0.134. The highest BCUT2D eigenvalue weighted by Gasteiger charge is 2.38. The lowest BCUT2D eigenvalue weighted by atomic mass is 10.0. The molecular weight excluding hydrogens is 290 g/mol. The number of nitrogens with zero attached hydrogens (tertiary/aromatic N) is 3. The number of carbonyl (C=O) groups excluding carboxylic acids is 2. The van der Waals surface area contributed by atoms with Gasteiger partial charge in [0.25, 0.3) is 0 Å². The molecule has 0 bridgehead atoms. The van der Waals surface area contributed by atoms with Crippen LogP contribution in [-0.4, -0.2) is 71.8 Å². The second kappa shape index (κ2) is 7.04. The fourth-order valence-corrected chi connectivity index (χ4v) is 4.24. The van der Waals surface area contributed by atoms with Gasteiger partial charge in [-0.3, -0.25) is 14.5 Å². The van der Waals surface area contributed by atoms with Crippen LogP contribution in [0.4, 0.5) is 0 Å². The number of rotatable bonds is 4. The van der Waals surface area contributed by atoms with Crippen LogP contribution in [0.5, 0.6) is 0 Å². The van der Waals surface area contributed by atoms with Crippen LogP contribution in [0.2, 0.25) is 0 Å². The topological polar surface area (TPSA) is 43.9 Å². The molecule has 2 amide bonds. The molecule has 3 rings (SSSR count). The van der Waals surface area contributed by atoms with E-state index in [1.807, 2.05) is 9.80 Å². The first-order valence-corrected chi connectivity index (χ1v) is 9.04. The molecular formula is C18H29N3O2. The van der Waals surface area contributed by atoms with E-state index in [4.69, 9.17) is 0 Å². The van der Waals surface area contributed by atoms with Crippen LogP contribution in [0, 0.1) is 5.92 Å². The van der Waals surface area contributed by atoms with E-state index in [-0.39, 0.29) is 17.7 Å². The van der Waals surface area contributed by atoms with Crippen molar-refractivity contribution in [2.75, 3.05) is 39.3 Å². The van der Waals surface area contributed by atoms with Crippen molar-refractivity contribution in [3.05, 3.63) is 11.6 Å². The number of hydrogen-bond donors (Lipinski definition) is 0. The predicted molar refractivity (Wildman–Crippen MR) is 89.9 cm³/mol. The van der Waals surface area contributed by atoms with Gasteiger partial charge >= 0.3 is 0 Å². The molecule has 5 nitrogen and oxygen atoms in total. The Morgan fingerprint density at radius 1 is 1.35 bits per heavy atom. The van der Waals surface area contributed by atoms with Gasteiger partial charge in [-0.25, -0.2) is 0 Å². The molecule has 128 valence electrons. The van der Waals surface area contributed by atoms with E-state index in [2.05, 4.69) is 24.8 Å². The zero-order chi connectivity index (χ0) is 16.4. The maximum absolute atomic E-state index is 12.7.